The van der Waals surface area contributed by atoms with Gasteiger partial charge in [-0.25, -0.2) is 9.97 Å². The minimum atomic E-state index is 0.230. The maximum atomic E-state index is 5.64. The number of pyridine rings is 3. The van der Waals surface area contributed by atoms with E-state index in [0.29, 0.717) is 19.1 Å². The summed E-state index contributed by atoms with van der Waals surface area (Å²) in [4.78, 5) is 16.5. The van der Waals surface area contributed by atoms with Crippen molar-refractivity contribution < 1.29 is 9.47 Å². The molecule has 5 rings (SSSR count). The monoisotopic (exact) mass is 416 g/mol. The van der Waals surface area contributed by atoms with Crippen LogP contribution in [-0.2, 0) is 4.74 Å². The minimum Gasteiger partial charge on any atom is -0.481 e. The molecule has 1 fully saturated rings. The number of aromatic amines is 1. The van der Waals surface area contributed by atoms with Gasteiger partial charge in [-0.2, -0.15) is 5.10 Å². The van der Waals surface area contributed by atoms with Gasteiger partial charge in [0.2, 0.25) is 5.88 Å². The third-order valence-corrected chi connectivity index (χ3v) is 5.69. The van der Waals surface area contributed by atoms with Crippen LogP contribution in [0.2, 0.25) is 0 Å². The molecule has 0 radical (unpaired) electrons. The third-order valence-electron chi connectivity index (χ3n) is 5.69. The van der Waals surface area contributed by atoms with E-state index in [9.17, 15) is 0 Å². The standard InChI is InChI=1S/C23H24N6O2/c1-14-11-25-22(18-6-7-26-28-18)23-21(14)17(16-4-5-20(30-3)24-12-16)10-19(27-23)29-8-9-31-13-15(29)2/h4-7,10-12,15H,8-9,13H2,1-3H3,(H,26,28)/t15-/m1/s1. The molecule has 0 aliphatic carbocycles. The highest BCUT2D eigenvalue weighted by Gasteiger charge is 2.24. The highest BCUT2D eigenvalue weighted by atomic mass is 16.5. The van der Waals surface area contributed by atoms with E-state index in [1.165, 1.54) is 0 Å². The van der Waals surface area contributed by atoms with Gasteiger partial charge in [-0.3, -0.25) is 10.1 Å². The summed E-state index contributed by atoms with van der Waals surface area (Å²) in [5.74, 6) is 1.49. The van der Waals surface area contributed by atoms with Crippen LogP contribution in [0.4, 0.5) is 5.82 Å². The van der Waals surface area contributed by atoms with Crippen LogP contribution in [0.3, 0.4) is 0 Å². The van der Waals surface area contributed by atoms with E-state index >= 15 is 0 Å². The second-order valence-corrected chi connectivity index (χ2v) is 7.72. The van der Waals surface area contributed by atoms with Crippen molar-refractivity contribution in [2.24, 2.45) is 0 Å². The number of anilines is 1. The number of hydrogen-bond acceptors (Lipinski definition) is 7. The molecule has 0 unspecified atom stereocenters. The van der Waals surface area contributed by atoms with Crippen molar-refractivity contribution >= 4 is 16.7 Å². The Bertz CT molecular complexity index is 1210. The molecular weight excluding hydrogens is 392 g/mol. The summed E-state index contributed by atoms with van der Waals surface area (Å²) in [5.41, 5.74) is 5.58. The molecule has 1 aliphatic heterocycles. The zero-order chi connectivity index (χ0) is 21.4. The molecule has 0 saturated carbocycles. The molecule has 4 aromatic heterocycles. The Morgan fingerprint density at radius 1 is 1.19 bits per heavy atom. The maximum Gasteiger partial charge on any atom is 0.212 e. The SMILES string of the molecule is COc1ccc(-c2cc(N3CCOC[C@H]3C)nc3c(-c4ccn[nH]4)ncc(C)c23)cn1. The van der Waals surface area contributed by atoms with Crippen molar-refractivity contribution in [2.45, 2.75) is 19.9 Å². The van der Waals surface area contributed by atoms with Crippen molar-refractivity contribution in [3.05, 3.63) is 48.4 Å². The molecule has 1 N–H and O–H groups in total. The third kappa shape index (κ3) is 3.48. The molecular formula is C23H24N6O2. The number of methoxy groups -OCH3 is 1. The summed E-state index contributed by atoms with van der Waals surface area (Å²) < 4.78 is 10.9. The number of aryl methyl sites for hydroxylation is 1. The first-order valence-electron chi connectivity index (χ1n) is 10.3. The lowest BCUT2D eigenvalue weighted by atomic mass is 9.98. The molecule has 8 heteroatoms. The van der Waals surface area contributed by atoms with E-state index in [4.69, 9.17) is 19.4 Å². The second kappa shape index (κ2) is 7.96. The van der Waals surface area contributed by atoms with Gasteiger partial charge in [0.05, 0.1) is 32.1 Å². The van der Waals surface area contributed by atoms with E-state index < -0.39 is 0 Å². The Hall–Kier alpha value is -3.52. The average molecular weight is 416 g/mol. The Morgan fingerprint density at radius 2 is 2.10 bits per heavy atom. The molecule has 1 atom stereocenters. The summed E-state index contributed by atoms with van der Waals surface area (Å²) >= 11 is 0. The number of ether oxygens (including phenoxy) is 2. The Balaban J connectivity index is 1.79. The minimum absolute atomic E-state index is 0.230. The van der Waals surface area contributed by atoms with Crippen LogP contribution in [0.15, 0.2) is 42.9 Å². The van der Waals surface area contributed by atoms with Gasteiger partial charge in [-0.05, 0) is 43.2 Å². The van der Waals surface area contributed by atoms with Crippen molar-refractivity contribution in [1.29, 1.82) is 0 Å². The fraction of sp³-hybridized carbons (Fsp3) is 0.304. The first-order chi connectivity index (χ1) is 15.2. The topological polar surface area (TPSA) is 89.0 Å². The van der Waals surface area contributed by atoms with E-state index in [1.807, 2.05) is 30.6 Å². The number of nitrogens with one attached hydrogen (secondary N) is 1. The van der Waals surface area contributed by atoms with Crippen molar-refractivity contribution in [3.8, 4) is 28.4 Å². The lowest BCUT2D eigenvalue weighted by Gasteiger charge is -2.34. The second-order valence-electron chi connectivity index (χ2n) is 7.72. The number of rotatable bonds is 4. The fourth-order valence-electron chi connectivity index (χ4n) is 4.08. The van der Waals surface area contributed by atoms with Crippen molar-refractivity contribution in [1.82, 2.24) is 25.1 Å². The molecule has 1 aliphatic rings. The summed E-state index contributed by atoms with van der Waals surface area (Å²) in [6.07, 6.45) is 5.46. The zero-order valence-electron chi connectivity index (χ0n) is 17.8. The number of fused-ring (bicyclic) bond motifs is 1. The summed E-state index contributed by atoms with van der Waals surface area (Å²) in [5, 5.41) is 8.19. The number of aromatic nitrogens is 5. The first-order valence-corrected chi connectivity index (χ1v) is 10.3. The number of hydrogen-bond donors (Lipinski definition) is 1. The van der Waals surface area contributed by atoms with Crippen LogP contribution in [-0.4, -0.2) is 58.1 Å². The predicted molar refractivity (Wildman–Crippen MR) is 119 cm³/mol. The lowest BCUT2D eigenvalue weighted by Crippen LogP contribution is -2.44. The Morgan fingerprint density at radius 3 is 2.81 bits per heavy atom. The molecule has 0 aromatic carbocycles. The lowest BCUT2D eigenvalue weighted by molar-refractivity contribution is 0.0986. The number of nitrogens with zero attached hydrogens (tertiary/aromatic N) is 5. The molecule has 0 spiro atoms. The van der Waals surface area contributed by atoms with E-state index in [2.05, 4.69) is 40.0 Å². The first kappa shape index (κ1) is 19.4. The predicted octanol–water partition coefficient (Wildman–Crippen LogP) is 3.62. The molecule has 158 valence electrons. The summed E-state index contributed by atoms with van der Waals surface area (Å²) in [6.45, 7) is 6.37. The fourth-order valence-corrected chi connectivity index (χ4v) is 4.08. The maximum absolute atomic E-state index is 5.64. The number of H-pyrrole nitrogens is 1. The van der Waals surface area contributed by atoms with Crippen LogP contribution in [0.25, 0.3) is 33.4 Å². The van der Waals surface area contributed by atoms with E-state index in [-0.39, 0.29) is 6.04 Å². The molecule has 1 saturated heterocycles. The van der Waals surface area contributed by atoms with Gasteiger partial charge in [-0.15, -0.1) is 0 Å². The van der Waals surface area contributed by atoms with Crippen LogP contribution in [0.1, 0.15) is 12.5 Å². The molecule has 4 aromatic rings. The summed E-state index contributed by atoms with van der Waals surface area (Å²) in [6, 6.07) is 8.21. The zero-order valence-corrected chi connectivity index (χ0v) is 17.8. The molecule has 0 bridgehead atoms. The van der Waals surface area contributed by atoms with Crippen LogP contribution in [0.5, 0.6) is 5.88 Å². The van der Waals surface area contributed by atoms with Gasteiger partial charge in [0, 0.05) is 42.2 Å². The molecule has 0 amide bonds. The van der Waals surface area contributed by atoms with E-state index in [1.54, 1.807) is 13.3 Å². The van der Waals surface area contributed by atoms with Gasteiger partial charge in [-0.1, -0.05) is 0 Å². The Labute approximate surface area is 180 Å². The van der Waals surface area contributed by atoms with Gasteiger partial charge in [0.1, 0.15) is 17.0 Å². The van der Waals surface area contributed by atoms with Gasteiger partial charge >= 0.3 is 0 Å². The normalized spacial score (nSPS) is 16.6. The highest BCUT2D eigenvalue weighted by molar-refractivity contribution is 6.03. The highest BCUT2D eigenvalue weighted by Crippen LogP contribution is 2.37. The number of morpholine rings is 1. The molecule has 8 nitrogen and oxygen atoms in total. The molecule has 31 heavy (non-hydrogen) atoms. The van der Waals surface area contributed by atoms with Crippen LogP contribution < -0.4 is 9.64 Å². The van der Waals surface area contributed by atoms with Gasteiger partial charge in [0.25, 0.3) is 0 Å². The van der Waals surface area contributed by atoms with Gasteiger partial charge < -0.3 is 14.4 Å². The largest absolute Gasteiger partial charge is 0.481 e. The van der Waals surface area contributed by atoms with Crippen LogP contribution in [0, 0.1) is 6.92 Å². The van der Waals surface area contributed by atoms with Crippen molar-refractivity contribution in [3.63, 3.8) is 0 Å². The quantitative estimate of drug-likeness (QED) is 0.543. The smallest absolute Gasteiger partial charge is 0.212 e. The average Bonchev–Trinajstić information content (AvgIpc) is 3.34. The van der Waals surface area contributed by atoms with Crippen molar-refractivity contribution in [2.75, 3.05) is 31.8 Å². The summed E-state index contributed by atoms with van der Waals surface area (Å²) in [7, 11) is 1.62. The van der Waals surface area contributed by atoms with E-state index in [0.717, 1.165) is 51.3 Å². The van der Waals surface area contributed by atoms with Gasteiger partial charge in [0.15, 0.2) is 0 Å². The molecule has 5 heterocycles. The Kier molecular flexibility index (Phi) is 4.99. The van der Waals surface area contributed by atoms with Crippen LogP contribution >= 0.6 is 0 Å².